The van der Waals surface area contributed by atoms with Gasteiger partial charge in [-0.15, -0.1) is 0 Å². The summed E-state index contributed by atoms with van der Waals surface area (Å²) in [4.78, 5) is 49.4. The van der Waals surface area contributed by atoms with Crippen LogP contribution in [0.4, 0.5) is 4.39 Å². The minimum Gasteiger partial charge on any atom is -0.494 e. The predicted molar refractivity (Wildman–Crippen MR) is 547 cm³/mol. The standard InChI is InChI=1S/C29H33NO6S.C28H31NO6S.C27H28ClNO6S.C27H28FNO6S/c1-21-8-9-25(19-22(21)2)24-7-3-5-23(20-24)6-4-16-36-26-10-12-27(13-11-26)37(33,34)29(28(31)30-32)14-17-35-18-15-29;1-21-6-2-3-10-26(21)23-9-4-7-22(20-23)8-5-17-35-24-11-13-25(14-12-24)36(32,33)28(27(30)29-31)15-18-34-19-16-28;2*28-25-9-2-1-8-24(25)21-7-3-5-20(19-21)6-4-16-35-22-10-12-23(13-11-22)36(32,33)27(26(30)29-31)14-17-34-18-15-27/h3,5,7-13,19-20,32H,4,6,14-18H2,1-2H3,(H,30,31);2-4,6-7,9-14,20,31H,5,8,15-19H2,1H3,(H,29,30);2*1-3,5,7-13,19,31H,4,6,14-18H2,(H,29,30). The van der Waals surface area contributed by atoms with E-state index in [0.717, 1.165) is 67.2 Å². The normalized spacial score (nSPS) is 15.3. The Morgan fingerprint density at radius 1 is 0.297 bits per heavy atom. The number of ether oxygens (including phenoxy) is 8. The van der Waals surface area contributed by atoms with Crippen molar-refractivity contribution in [3.8, 4) is 67.5 Å². The molecule has 0 aromatic heterocycles. The third-order valence-corrected chi connectivity index (χ3v) is 37.1. The molecule has 16 rings (SSSR count). The summed E-state index contributed by atoms with van der Waals surface area (Å²) in [5.41, 5.74) is 22.8. The topological polar surface area (TPSA) is 408 Å². The van der Waals surface area contributed by atoms with E-state index in [9.17, 15) is 62.4 Å². The highest BCUT2D eigenvalue weighted by atomic mass is 35.5. The Morgan fingerprint density at radius 3 is 0.855 bits per heavy atom. The molecule has 0 bridgehead atoms. The molecule has 4 amide bonds. The predicted octanol–water partition coefficient (Wildman–Crippen LogP) is 18.5. The third-order valence-electron chi connectivity index (χ3n) is 26.7. The van der Waals surface area contributed by atoms with Gasteiger partial charge in [-0.25, -0.2) is 60.0 Å². The Labute approximate surface area is 850 Å². The lowest BCUT2D eigenvalue weighted by Crippen LogP contribution is -2.54. The molecule has 34 heteroatoms. The fourth-order valence-electron chi connectivity index (χ4n) is 18.1. The first-order chi connectivity index (χ1) is 69.9. The van der Waals surface area contributed by atoms with E-state index in [-0.39, 0.29) is 130 Å². The SMILES string of the molecule is Cc1ccc(-c2cccc(CCCOc3ccc(S(=O)(=O)C4(C(=O)NO)CCOCC4)cc3)c2)cc1C.Cc1ccccc1-c1cccc(CCCOc2ccc(S(=O)(=O)C3(C(=O)NO)CCOCC3)cc2)c1.O=C(NO)C1(S(=O)(=O)c2ccc(OCCCc3cccc(-c4ccccc4Cl)c3)cc2)CCOCC1.O=C(NO)C1(S(=O)(=O)c2ccc(OCCCc3cccc(-c4ccccc4F)c3)cc2)CCOCC1. The minimum absolute atomic E-state index is 0.00302. The number of hydrogen-bond acceptors (Lipinski definition) is 24. The van der Waals surface area contributed by atoms with Crippen LogP contribution in [-0.4, -0.2) is 176 Å². The Bertz CT molecular complexity index is 6420. The summed E-state index contributed by atoms with van der Waals surface area (Å²) in [5, 5.41) is 37.4. The molecule has 4 aliphatic heterocycles. The highest BCUT2D eigenvalue weighted by Crippen LogP contribution is 2.42. The summed E-state index contributed by atoms with van der Waals surface area (Å²) >= 11 is 6.33. The summed E-state index contributed by atoms with van der Waals surface area (Å²) in [6, 6.07) is 86.3. The van der Waals surface area contributed by atoms with Gasteiger partial charge in [0.05, 0.1) is 46.0 Å². The van der Waals surface area contributed by atoms with Crippen molar-refractivity contribution in [1.82, 2.24) is 21.9 Å². The van der Waals surface area contributed by atoms with Crippen LogP contribution < -0.4 is 40.9 Å². The van der Waals surface area contributed by atoms with Gasteiger partial charge in [0.15, 0.2) is 58.3 Å². The molecule has 8 N–H and O–H groups in total. The van der Waals surface area contributed by atoms with E-state index in [1.54, 1.807) is 66.7 Å². The fraction of sp³-hybridized carbons (Fsp3) is 0.315. The van der Waals surface area contributed by atoms with Gasteiger partial charge in [0.25, 0.3) is 23.6 Å². The number of nitrogens with one attached hydrogen (secondary N) is 4. The average molecular weight is 2080 g/mol. The molecule has 766 valence electrons. The number of hydrogen-bond donors (Lipinski definition) is 8. The molecule has 0 unspecified atom stereocenters. The monoisotopic (exact) mass is 2070 g/mol. The molecule has 4 heterocycles. The van der Waals surface area contributed by atoms with E-state index >= 15 is 0 Å². The summed E-state index contributed by atoms with van der Waals surface area (Å²) in [6.07, 6.45) is 6.09. The summed E-state index contributed by atoms with van der Waals surface area (Å²) in [7, 11) is -16.2. The lowest BCUT2D eigenvalue weighted by Gasteiger charge is -2.34. The molecule has 4 saturated heterocycles. The maximum Gasteiger partial charge on any atom is 0.265 e. The van der Waals surface area contributed by atoms with Crippen LogP contribution in [0.1, 0.15) is 116 Å². The van der Waals surface area contributed by atoms with Crippen molar-refractivity contribution in [3.63, 3.8) is 0 Å². The van der Waals surface area contributed by atoms with Crippen LogP contribution in [0.5, 0.6) is 23.0 Å². The highest BCUT2D eigenvalue weighted by molar-refractivity contribution is 7.94. The molecule has 0 spiro atoms. The van der Waals surface area contributed by atoms with Gasteiger partial charge >= 0.3 is 0 Å². The van der Waals surface area contributed by atoms with Gasteiger partial charge in [-0.1, -0.05) is 188 Å². The van der Waals surface area contributed by atoms with E-state index in [0.29, 0.717) is 66.4 Å². The second kappa shape index (κ2) is 51.0. The highest BCUT2D eigenvalue weighted by Gasteiger charge is 2.56. The van der Waals surface area contributed by atoms with Crippen LogP contribution in [0.25, 0.3) is 44.5 Å². The number of rotatable bonds is 36. The van der Waals surface area contributed by atoms with E-state index in [2.05, 4.69) is 112 Å². The average Bonchev–Trinajstić information content (AvgIpc) is 0.757. The Balaban J connectivity index is 0.000000162. The first kappa shape index (κ1) is 110. The van der Waals surface area contributed by atoms with Gasteiger partial charge in [-0.2, -0.15) is 0 Å². The number of amides is 4. The van der Waals surface area contributed by atoms with E-state index in [1.807, 2.05) is 72.8 Å². The molecule has 4 fully saturated rings. The van der Waals surface area contributed by atoms with Crippen LogP contribution in [0.2, 0.25) is 5.02 Å². The van der Waals surface area contributed by atoms with Crippen LogP contribution in [0.15, 0.2) is 305 Å². The van der Waals surface area contributed by atoms with Crippen molar-refractivity contribution in [2.75, 3.05) is 79.3 Å². The van der Waals surface area contributed by atoms with Crippen molar-refractivity contribution >= 4 is 74.6 Å². The number of hydroxylamine groups is 4. The minimum atomic E-state index is -4.08. The second-order valence-corrected chi connectivity index (χ2v) is 45.2. The summed E-state index contributed by atoms with van der Waals surface area (Å²) < 4.78 is 158. The van der Waals surface area contributed by atoms with E-state index in [1.165, 1.54) is 132 Å². The van der Waals surface area contributed by atoms with Crippen LogP contribution in [0.3, 0.4) is 0 Å². The Hall–Kier alpha value is -12.6. The zero-order valence-electron chi connectivity index (χ0n) is 80.8. The lowest BCUT2D eigenvalue weighted by atomic mass is 9.98. The third kappa shape index (κ3) is 26.3. The maximum absolute atomic E-state index is 14.1. The quantitative estimate of drug-likeness (QED) is 0.0103. The molecule has 12 aromatic rings. The van der Waals surface area contributed by atoms with Gasteiger partial charge in [-0.3, -0.25) is 40.0 Å². The van der Waals surface area contributed by atoms with Gasteiger partial charge in [0.1, 0.15) is 28.8 Å². The summed E-state index contributed by atoms with van der Waals surface area (Å²) in [6.45, 7) is 9.13. The molecule has 0 radical (unpaired) electrons. The first-order valence-electron chi connectivity index (χ1n) is 47.9. The number of sulfone groups is 4. The Kier molecular flexibility index (Phi) is 38.5. The molecule has 4 aliphatic rings. The van der Waals surface area contributed by atoms with Crippen molar-refractivity contribution in [3.05, 3.63) is 335 Å². The van der Waals surface area contributed by atoms with Gasteiger partial charge in [-0.05, 0) is 305 Å². The van der Waals surface area contributed by atoms with Crippen molar-refractivity contribution in [1.29, 1.82) is 0 Å². The number of carbonyl (C=O) groups is 4. The van der Waals surface area contributed by atoms with Gasteiger partial charge < -0.3 is 37.9 Å². The molecule has 145 heavy (non-hydrogen) atoms. The Morgan fingerprint density at radius 2 is 0.559 bits per heavy atom. The molecule has 0 saturated carbocycles. The second-order valence-electron chi connectivity index (χ2n) is 35.8. The van der Waals surface area contributed by atoms with Crippen molar-refractivity contribution in [2.45, 2.75) is 162 Å². The molecule has 12 aromatic carbocycles. The molecular weight excluding hydrogens is 1960 g/mol. The molecule has 0 aliphatic carbocycles. The number of benzene rings is 12. The zero-order valence-corrected chi connectivity index (χ0v) is 84.8. The van der Waals surface area contributed by atoms with Crippen LogP contribution >= 0.6 is 11.6 Å². The van der Waals surface area contributed by atoms with Gasteiger partial charge in [0.2, 0.25) is 0 Å². The van der Waals surface area contributed by atoms with Crippen LogP contribution in [-0.2, 0) is 103 Å². The van der Waals surface area contributed by atoms with E-state index < -0.39 is 82.0 Å². The van der Waals surface area contributed by atoms with Crippen molar-refractivity contribution < 1.29 is 116 Å². The van der Waals surface area contributed by atoms with Crippen molar-refractivity contribution in [2.24, 2.45) is 0 Å². The van der Waals surface area contributed by atoms with Crippen LogP contribution in [0, 0.1) is 26.6 Å². The molecule has 0 atom stereocenters. The smallest absolute Gasteiger partial charge is 0.265 e. The number of halogens is 2. The number of aryl methyl sites for hydroxylation is 7. The number of carbonyl (C=O) groups excluding carboxylic acids is 4. The first-order valence-corrected chi connectivity index (χ1v) is 54.2. The largest absolute Gasteiger partial charge is 0.494 e. The van der Waals surface area contributed by atoms with E-state index in [4.69, 9.17) is 65.1 Å². The zero-order chi connectivity index (χ0) is 103. The molecular formula is C111H120ClFN4O24S4. The maximum atomic E-state index is 14.1. The summed E-state index contributed by atoms with van der Waals surface area (Å²) in [5.74, 6) is -1.88. The molecule has 28 nitrogen and oxygen atoms in total. The van der Waals surface area contributed by atoms with Gasteiger partial charge in [0, 0.05) is 69.0 Å². The lowest BCUT2D eigenvalue weighted by molar-refractivity contribution is -0.135. The fourth-order valence-corrected chi connectivity index (χ4v) is 26.1.